The van der Waals surface area contributed by atoms with E-state index in [0.29, 0.717) is 6.54 Å². The fraction of sp³-hybridized carbons (Fsp3) is 0.600. The van der Waals surface area contributed by atoms with Crippen LogP contribution in [0.2, 0.25) is 0 Å². The molecule has 3 N–H and O–H groups in total. The van der Waals surface area contributed by atoms with Crippen LogP contribution in [0.25, 0.3) is 0 Å². The maximum Gasteiger partial charge on any atom is 0.326 e. The fourth-order valence-electron chi connectivity index (χ4n) is 1.55. The lowest BCUT2D eigenvalue weighted by Crippen LogP contribution is -2.56. The summed E-state index contributed by atoms with van der Waals surface area (Å²) in [6.07, 6.45) is -0.719. The first kappa shape index (κ1) is 14.7. The summed E-state index contributed by atoms with van der Waals surface area (Å²) in [5.41, 5.74) is 0. The molecule has 1 atom stereocenters. The number of amides is 3. The molecule has 1 aliphatic rings. The standard InChI is InChI=1S/C10H15N3O6/c1-12-2-3-13(5-7(12)14)10(19)11-6(9(17)18)4-8(15)16/h6H,2-5H2,1H3,(H,11,19)(H,15,16)(H,17,18)/t6-/m0/s1. The van der Waals surface area contributed by atoms with Gasteiger partial charge in [0.15, 0.2) is 0 Å². The SMILES string of the molecule is CN1CCN(C(=O)N[C@@H](CC(=O)O)C(=O)O)CC1=O. The Labute approximate surface area is 108 Å². The van der Waals surface area contributed by atoms with Gasteiger partial charge < -0.3 is 25.3 Å². The zero-order valence-electron chi connectivity index (χ0n) is 10.3. The van der Waals surface area contributed by atoms with Crippen LogP contribution in [0, 0.1) is 0 Å². The molecule has 1 saturated heterocycles. The Hall–Kier alpha value is -2.32. The largest absolute Gasteiger partial charge is 0.481 e. The van der Waals surface area contributed by atoms with Gasteiger partial charge in [-0.3, -0.25) is 9.59 Å². The van der Waals surface area contributed by atoms with E-state index in [1.54, 1.807) is 7.05 Å². The third-order valence-corrected chi connectivity index (χ3v) is 2.72. The molecular formula is C10H15N3O6. The zero-order chi connectivity index (χ0) is 14.6. The summed E-state index contributed by atoms with van der Waals surface area (Å²) in [5.74, 6) is -3.02. The molecule has 1 aliphatic heterocycles. The molecule has 0 aromatic carbocycles. The van der Waals surface area contributed by atoms with Crippen molar-refractivity contribution in [1.29, 1.82) is 0 Å². The first-order valence-corrected chi connectivity index (χ1v) is 5.55. The van der Waals surface area contributed by atoms with Gasteiger partial charge in [0, 0.05) is 20.1 Å². The van der Waals surface area contributed by atoms with Crippen molar-refractivity contribution in [3.05, 3.63) is 0 Å². The number of hydrogen-bond donors (Lipinski definition) is 3. The highest BCUT2D eigenvalue weighted by atomic mass is 16.4. The van der Waals surface area contributed by atoms with Crippen LogP contribution in [-0.2, 0) is 14.4 Å². The Balaban J connectivity index is 2.59. The van der Waals surface area contributed by atoms with Crippen LogP contribution in [0.4, 0.5) is 4.79 Å². The Bertz CT molecular complexity index is 410. The highest BCUT2D eigenvalue weighted by Crippen LogP contribution is 2.02. The van der Waals surface area contributed by atoms with Gasteiger partial charge in [-0.2, -0.15) is 0 Å². The fourth-order valence-corrected chi connectivity index (χ4v) is 1.55. The van der Waals surface area contributed by atoms with Gasteiger partial charge in [0.1, 0.15) is 12.6 Å². The van der Waals surface area contributed by atoms with Crippen molar-refractivity contribution < 1.29 is 29.4 Å². The lowest BCUT2D eigenvalue weighted by Gasteiger charge is -2.32. The van der Waals surface area contributed by atoms with Crippen molar-refractivity contribution in [1.82, 2.24) is 15.1 Å². The predicted octanol–water partition coefficient (Wildman–Crippen LogP) is -1.60. The van der Waals surface area contributed by atoms with E-state index in [1.165, 1.54) is 4.90 Å². The molecule has 0 spiro atoms. The molecular weight excluding hydrogens is 258 g/mol. The number of nitrogens with one attached hydrogen (secondary N) is 1. The number of aliphatic carboxylic acids is 2. The number of rotatable bonds is 4. The molecule has 0 radical (unpaired) electrons. The van der Waals surface area contributed by atoms with Crippen molar-refractivity contribution in [2.24, 2.45) is 0 Å². The molecule has 9 heteroatoms. The van der Waals surface area contributed by atoms with Crippen LogP contribution in [0.3, 0.4) is 0 Å². The highest BCUT2D eigenvalue weighted by molar-refractivity contribution is 5.89. The van der Waals surface area contributed by atoms with Gasteiger partial charge >= 0.3 is 18.0 Å². The Morgan fingerprint density at radius 1 is 1.32 bits per heavy atom. The van der Waals surface area contributed by atoms with Crippen molar-refractivity contribution in [2.75, 3.05) is 26.7 Å². The molecule has 1 heterocycles. The van der Waals surface area contributed by atoms with Gasteiger partial charge in [-0.25, -0.2) is 9.59 Å². The average Bonchev–Trinajstić information content (AvgIpc) is 2.31. The van der Waals surface area contributed by atoms with E-state index < -0.39 is 30.4 Å². The molecule has 19 heavy (non-hydrogen) atoms. The van der Waals surface area contributed by atoms with E-state index >= 15 is 0 Å². The van der Waals surface area contributed by atoms with Crippen LogP contribution in [-0.4, -0.2) is 76.6 Å². The van der Waals surface area contributed by atoms with Crippen molar-refractivity contribution in [3.63, 3.8) is 0 Å². The number of likely N-dealkylation sites (N-methyl/N-ethyl adjacent to an activating group) is 1. The molecule has 1 fully saturated rings. The van der Waals surface area contributed by atoms with Crippen LogP contribution < -0.4 is 5.32 Å². The van der Waals surface area contributed by atoms with Crippen LogP contribution in [0.1, 0.15) is 6.42 Å². The first-order valence-electron chi connectivity index (χ1n) is 5.55. The number of carbonyl (C=O) groups is 4. The first-order chi connectivity index (χ1) is 8.81. The number of hydrogen-bond acceptors (Lipinski definition) is 4. The Morgan fingerprint density at radius 3 is 2.42 bits per heavy atom. The molecule has 0 aromatic rings. The summed E-state index contributed by atoms with van der Waals surface area (Å²) in [4.78, 5) is 47.0. The Morgan fingerprint density at radius 2 is 1.95 bits per heavy atom. The minimum absolute atomic E-state index is 0.151. The topological polar surface area (TPSA) is 127 Å². The number of carbonyl (C=O) groups excluding carboxylic acids is 2. The van der Waals surface area contributed by atoms with E-state index in [9.17, 15) is 19.2 Å². The van der Waals surface area contributed by atoms with Crippen molar-refractivity contribution >= 4 is 23.9 Å². The molecule has 0 aliphatic carbocycles. The van der Waals surface area contributed by atoms with Gasteiger partial charge in [-0.15, -0.1) is 0 Å². The molecule has 0 saturated carbocycles. The third kappa shape index (κ3) is 4.12. The second-order valence-corrected chi connectivity index (χ2v) is 4.18. The summed E-state index contributed by atoms with van der Waals surface area (Å²) >= 11 is 0. The van der Waals surface area contributed by atoms with E-state index in [4.69, 9.17) is 10.2 Å². The normalized spacial score (nSPS) is 17.0. The van der Waals surface area contributed by atoms with Crippen LogP contribution in [0.15, 0.2) is 0 Å². The van der Waals surface area contributed by atoms with E-state index in [0.717, 1.165) is 4.90 Å². The number of urea groups is 1. The van der Waals surface area contributed by atoms with Crippen molar-refractivity contribution in [3.8, 4) is 0 Å². The molecule has 0 bridgehead atoms. The van der Waals surface area contributed by atoms with E-state index in [2.05, 4.69) is 5.32 Å². The number of carboxylic acids is 2. The molecule has 9 nitrogen and oxygen atoms in total. The van der Waals surface area contributed by atoms with Crippen LogP contribution in [0.5, 0.6) is 0 Å². The van der Waals surface area contributed by atoms with Gasteiger partial charge in [0.05, 0.1) is 6.42 Å². The van der Waals surface area contributed by atoms with Gasteiger partial charge in [0.25, 0.3) is 0 Å². The minimum atomic E-state index is -1.51. The zero-order valence-corrected chi connectivity index (χ0v) is 10.3. The quantitative estimate of drug-likeness (QED) is 0.566. The van der Waals surface area contributed by atoms with Crippen LogP contribution >= 0.6 is 0 Å². The van der Waals surface area contributed by atoms with E-state index in [1.807, 2.05) is 0 Å². The summed E-state index contributed by atoms with van der Waals surface area (Å²) in [6, 6.07) is -2.27. The average molecular weight is 273 g/mol. The maximum atomic E-state index is 11.7. The smallest absolute Gasteiger partial charge is 0.326 e. The third-order valence-electron chi connectivity index (χ3n) is 2.72. The number of carboxylic acid groups (broad SMARTS) is 2. The van der Waals surface area contributed by atoms with E-state index in [-0.39, 0.29) is 19.0 Å². The van der Waals surface area contributed by atoms with Gasteiger partial charge in [0.2, 0.25) is 5.91 Å². The maximum absolute atomic E-state index is 11.7. The monoisotopic (exact) mass is 273 g/mol. The highest BCUT2D eigenvalue weighted by Gasteiger charge is 2.29. The lowest BCUT2D eigenvalue weighted by molar-refractivity contribution is -0.145. The molecule has 0 aromatic heterocycles. The second-order valence-electron chi connectivity index (χ2n) is 4.18. The van der Waals surface area contributed by atoms with Gasteiger partial charge in [-0.05, 0) is 0 Å². The molecule has 106 valence electrons. The summed E-state index contributed by atoms with van der Waals surface area (Å²) < 4.78 is 0. The Kier molecular flexibility index (Phi) is 4.67. The minimum Gasteiger partial charge on any atom is -0.481 e. The number of nitrogens with zero attached hydrogens (tertiary/aromatic N) is 2. The molecule has 0 unspecified atom stereocenters. The predicted molar refractivity (Wildman–Crippen MR) is 61.4 cm³/mol. The second kappa shape index (κ2) is 6.03. The summed E-state index contributed by atoms with van der Waals surface area (Å²) in [6.45, 7) is 0.470. The number of piperazine rings is 1. The lowest BCUT2D eigenvalue weighted by atomic mass is 10.2. The molecule has 3 amide bonds. The summed E-state index contributed by atoms with van der Waals surface area (Å²) in [5, 5.41) is 19.4. The molecule has 1 rings (SSSR count). The van der Waals surface area contributed by atoms with Crippen molar-refractivity contribution in [2.45, 2.75) is 12.5 Å². The van der Waals surface area contributed by atoms with Gasteiger partial charge in [-0.1, -0.05) is 0 Å². The summed E-state index contributed by atoms with van der Waals surface area (Å²) in [7, 11) is 1.60.